The molecule has 0 spiro atoms. The number of carbonyl (C=O) groups excluding carboxylic acids is 1. The molecular formula is C26H36N6O2. The summed E-state index contributed by atoms with van der Waals surface area (Å²) in [5.41, 5.74) is 3.04. The van der Waals surface area contributed by atoms with Crippen molar-refractivity contribution in [2.24, 2.45) is 0 Å². The lowest BCUT2D eigenvalue weighted by molar-refractivity contribution is 0.0919. The molecule has 0 bridgehead atoms. The lowest BCUT2D eigenvalue weighted by Crippen LogP contribution is -2.41. The Labute approximate surface area is 201 Å². The summed E-state index contributed by atoms with van der Waals surface area (Å²) in [6, 6.07) is 12.1. The molecule has 0 radical (unpaired) electrons. The van der Waals surface area contributed by atoms with E-state index in [-0.39, 0.29) is 18.5 Å². The van der Waals surface area contributed by atoms with Gasteiger partial charge in [0.1, 0.15) is 5.82 Å². The number of β-amino-alcohol motifs (C(OH)–C–C–N with tert-alkyl or cyclic N) is 1. The molecule has 2 aliphatic heterocycles. The molecule has 1 aromatic carbocycles. The number of amidine groups is 1. The molecule has 1 amide bonds. The standard InChI is InChI=1S/C26H36N6O2/c1-19(27)31-14-10-22(11-15-31)30-25-16-21(9-12-28-25)26(34)29-17-23(33)18-32-13-5-4-7-20-6-2-3-8-24(20)32/h2-3,6,8-9,12,16,22-23,27,33H,4-5,7,10-11,13-15,17-18H2,1H3,(H,28,30)(H,29,34)/t23-/m0/s1. The number of anilines is 2. The zero-order valence-corrected chi connectivity index (χ0v) is 20.0. The fourth-order valence-corrected chi connectivity index (χ4v) is 4.81. The first kappa shape index (κ1) is 24.0. The summed E-state index contributed by atoms with van der Waals surface area (Å²) in [7, 11) is 0. The van der Waals surface area contributed by atoms with Crippen molar-refractivity contribution in [3.05, 3.63) is 53.7 Å². The predicted molar refractivity (Wildman–Crippen MR) is 136 cm³/mol. The topological polar surface area (TPSA) is 105 Å². The number of rotatable bonds is 7. The molecule has 0 saturated carbocycles. The van der Waals surface area contributed by atoms with Crippen LogP contribution in [0.5, 0.6) is 0 Å². The third-order valence-corrected chi connectivity index (χ3v) is 6.73. The van der Waals surface area contributed by atoms with Crippen LogP contribution in [0.3, 0.4) is 0 Å². The number of piperidine rings is 1. The van der Waals surface area contributed by atoms with E-state index in [2.05, 4.69) is 43.6 Å². The Morgan fingerprint density at radius 1 is 1.21 bits per heavy atom. The van der Waals surface area contributed by atoms with Crippen molar-refractivity contribution in [2.45, 2.75) is 51.2 Å². The van der Waals surface area contributed by atoms with Crippen molar-refractivity contribution < 1.29 is 9.90 Å². The van der Waals surface area contributed by atoms with E-state index < -0.39 is 6.10 Å². The quantitative estimate of drug-likeness (QED) is 0.371. The van der Waals surface area contributed by atoms with Gasteiger partial charge >= 0.3 is 0 Å². The van der Waals surface area contributed by atoms with Crippen LogP contribution >= 0.6 is 0 Å². The number of likely N-dealkylation sites (tertiary alicyclic amines) is 1. The second kappa shape index (κ2) is 11.3. The minimum Gasteiger partial charge on any atom is -0.389 e. The van der Waals surface area contributed by atoms with Crippen LogP contribution in [0.25, 0.3) is 0 Å². The van der Waals surface area contributed by atoms with Crippen LogP contribution in [0.2, 0.25) is 0 Å². The minimum absolute atomic E-state index is 0.198. The second-order valence-electron chi connectivity index (χ2n) is 9.32. The van der Waals surface area contributed by atoms with E-state index >= 15 is 0 Å². The number of fused-ring (bicyclic) bond motifs is 1. The van der Waals surface area contributed by atoms with Crippen LogP contribution in [0.15, 0.2) is 42.6 Å². The van der Waals surface area contributed by atoms with Gasteiger partial charge in [0.25, 0.3) is 5.91 Å². The minimum atomic E-state index is -0.656. The van der Waals surface area contributed by atoms with E-state index in [0.29, 0.717) is 23.8 Å². The Morgan fingerprint density at radius 2 is 2.00 bits per heavy atom. The highest BCUT2D eigenvalue weighted by Crippen LogP contribution is 2.26. The van der Waals surface area contributed by atoms with Crippen molar-refractivity contribution >= 4 is 23.2 Å². The van der Waals surface area contributed by atoms with Crippen LogP contribution in [0.1, 0.15) is 48.5 Å². The number of aryl methyl sites for hydroxylation is 1. The fraction of sp³-hybridized carbons (Fsp3) is 0.500. The molecular weight excluding hydrogens is 428 g/mol. The summed E-state index contributed by atoms with van der Waals surface area (Å²) in [6.07, 6.45) is 6.16. The fourth-order valence-electron chi connectivity index (χ4n) is 4.81. The number of nitrogens with zero attached hydrogens (tertiary/aromatic N) is 3. The van der Waals surface area contributed by atoms with Crippen molar-refractivity contribution in [3.63, 3.8) is 0 Å². The summed E-state index contributed by atoms with van der Waals surface area (Å²) in [5.74, 6) is 1.08. The van der Waals surface area contributed by atoms with Crippen molar-refractivity contribution in [3.8, 4) is 0 Å². The Kier molecular flexibility index (Phi) is 8.00. The van der Waals surface area contributed by atoms with Gasteiger partial charge in [-0.1, -0.05) is 18.2 Å². The van der Waals surface area contributed by atoms with Gasteiger partial charge in [0, 0.05) is 56.2 Å². The monoisotopic (exact) mass is 464 g/mol. The maximum atomic E-state index is 12.7. The highest BCUT2D eigenvalue weighted by Gasteiger charge is 2.21. The van der Waals surface area contributed by atoms with Gasteiger partial charge in [0.05, 0.1) is 11.9 Å². The predicted octanol–water partition coefficient (Wildman–Crippen LogP) is 2.89. The summed E-state index contributed by atoms with van der Waals surface area (Å²) < 4.78 is 0. The lowest BCUT2D eigenvalue weighted by atomic mass is 10.0. The average molecular weight is 465 g/mol. The molecule has 1 saturated heterocycles. The molecule has 34 heavy (non-hydrogen) atoms. The first-order chi connectivity index (χ1) is 16.5. The largest absolute Gasteiger partial charge is 0.389 e. The highest BCUT2D eigenvalue weighted by atomic mass is 16.3. The second-order valence-corrected chi connectivity index (χ2v) is 9.32. The summed E-state index contributed by atoms with van der Waals surface area (Å²) in [4.78, 5) is 21.4. The van der Waals surface area contributed by atoms with Crippen LogP contribution in [0, 0.1) is 5.41 Å². The van der Waals surface area contributed by atoms with E-state index in [1.807, 2.05) is 13.0 Å². The maximum Gasteiger partial charge on any atom is 0.251 e. The molecule has 0 unspecified atom stereocenters. The van der Waals surface area contributed by atoms with Gasteiger partial charge in [-0.25, -0.2) is 4.98 Å². The molecule has 182 valence electrons. The SMILES string of the molecule is CC(=N)N1CCC(Nc2cc(C(=O)NC[C@H](O)CN3CCCCc4ccccc43)ccn2)CC1. The molecule has 3 heterocycles. The number of aromatic nitrogens is 1. The maximum absolute atomic E-state index is 12.7. The molecule has 1 atom stereocenters. The van der Waals surface area contributed by atoms with Gasteiger partial charge in [-0.05, 0) is 62.8 Å². The normalized spacial score (nSPS) is 17.5. The number of para-hydroxylation sites is 1. The Hall–Kier alpha value is -3.13. The number of hydrogen-bond acceptors (Lipinski definition) is 6. The van der Waals surface area contributed by atoms with E-state index in [9.17, 15) is 9.90 Å². The molecule has 2 aromatic rings. The van der Waals surface area contributed by atoms with Gasteiger partial charge in [-0.15, -0.1) is 0 Å². The number of pyridine rings is 1. The zero-order valence-electron chi connectivity index (χ0n) is 20.0. The molecule has 2 aliphatic rings. The molecule has 4 rings (SSSR count). The molecule has 0 aliphatic carbocycles. The third kappa shape index (κ3) is 6.26. The van der Waals surface area contributed by atoms with E-state index in [4.69, 9.17) is 5.41 Å². The first-order valence-corrected chi connectivity index (χ1v) is 12.3. The van der Waals surface area contributed by atoms with Crippen LogP contribution in [-0.4, -0.2) is 71.6 Å². The number of carbonyl (C=O) groups is 1. The van der Waals surface area contributed by atoms with E-state index in [1.165, 1.54) is 11.3 Å². The Balaban J connectivity index is 1.27. The number of aliphatic hydroxyl groups excluding tert-OH is 1. The number of amides is 1. The van der Waals surface area contributed by atoms with E-state index in [1.54, 1.807) is 18.3 Å². The van der Waals surface area contributed by atoms with Crippen molar-refractivity contribution in [1.29, 1.82) is 5.41 Å². The van der Waals surface area contributed by atoms with Gasteiger partial charge in [-0.3, -0.25) is 10.2 Å². The van der Waals surface area contributed by atoms with E-state index in [0.717, 1.165) is 51.7 Å². The number of aliphatic hydroxyl groups is 1. The average Bonchev–Trinajstić information content (AvgIpc) is 3.05. The van der Waals surface area contributed by atoms with Gasteiger partial charge in [0.2, 0.25) is 0 Å². The molecule has 8 heteroatoms. The first-order valence-electron chi connectivity index (χ1n) is 12.3. The van der Waals surface area contributed by atoms with Crippen molar-refractivity contribution in [2.75, 3.05) is 42.9 Å². The highest BCUT2D eigenvalue weighted by molar-refractivity contribution is 5.94. The summed E-state index contributed by atoms with van der Waals surface area (Å²) in [5, 5.41) is 24.7. The zero-order chi connectivity index (χ0) is 23.9. The smallest absolute Gasteiger partial charge is 0.251 e. The summed E-state index contributed by atoms with van der Waals surface area (Å²) in [6.45, 7) is 5.14. The third-order valence-electron chi connectivity index (χ3n) is 6.73. The molecule has 8 nitrogen and oxygen atoms in total. The van der Waals surface area contributed by atoms with Gasteiger partial charge in [0.15, 0.2) is 0 Å². The lowest BCUT2D eigenvalue weighted by Gasteiger charge is -2.33. The molecule has 1 aromatic heterocycles. The number of nitrogens with one attached hydrogen (secondary N) is 3. The molecule has 1 fully saturated rings. The van der Waals surface area contributed by atoms with Crippen LogP contribution < -0.4 is 15.5 Å². The Bertz CT molecular complexity index is 989. The van der Waals surface area contributed by atoms with Crippen LogP contribution in [-0.2, 0) is 6.42 Å². The van der Waals surface area contributed by atoms with Gasteiger partial charge in [-0.2, -0.15) is 0 Å². The van der Waals surface area contributed by atoms with Crippen molar-refractivity contribution in [1.82, 2.24) is 15.2 Å². The van der Waals surface area contributed by atoms with Gasteiger partial charge < -0.3 is 25.5 Å². The number of hydrogen-bond donors (Lipinski definition) is 4. The van der Waals surface area contributed by atoms with Crippen LogP contribution in [0.4, 0.5) is 11.5 Å². The molecule has 4 N–H and O–H groups in total. The summed E-state index contributed by atoms with van der Waals surface area (Å²) >= 11 is 0. The number of benzene rings is 1. The Morgan fingerprint density at radius 3 is 2.79 bits per heavy atom.